The van der Waals surface area contributed by atoms with Crippen molar-refractivity contribution in [3.63, 3.8) is 0 Å². The molecule has 1 aliphatic rings. The van der Waals surface area contributed by atoms with E-state index in [1.807, 2.05) is 6.92 Å². The van der Waals surface area contributed by atoms with Gasteiger partial charge in [0.1, 0.15) is 0 Å². The van der Waals surface area contributed by atoms with Crippen molar-refractivity contribution in [1.82, 2.24) is 5.32 Å². The molecule has 0 spiro atoms. The molecule has 78 valence electrons. The zero-order valence-corrected chi connectivity index (χ0v) is 8.85. The van der Waals surface area contributed by atoms with Gasteiger partial charge in [-0.15, -0.1) is 0 Å². The highest BCUT2D eigenvalue weighted by Crippen LogP contribution is 2.23. The number of ether oxygens (including phenoxy) is 1. The second-order valence-corrected chi connectivity index (χ2v) is 3.91. The monoisotopic (exact) mass is 185 g/mol. The van der Waals surface area contributed by atoms with Gasteiger partial charge in [-0.3, -0.25) is 0 Å². The molecule has 0 amide bonds. The summed E-state index contributed by atoms with van der Waals surface area (Å²) in [4.78, 5) is 0. The maximum absolute atomic E-state index is 5.27. The SMILES string of the molecule is CCOCCCNCC1CCCC1. The van der Waals surface area contributed by atoms with Crippen LogP contribution in [0.2, 0.25) is 0 Å². The van der Waals surface area contributed by atoms with Crippen molar-refractivity contribution >= 4 is 0 Å². The number of rotatable bonds is 7. The molecule has 0 unspecified atom stereocenters. The molecule has 1 saturated carbocycles. The molecule has 0 aromatic carbocycles. The molecule has 0 radical (unpaired) electrons. The maximum Gasteiger partial charge on any atom is 0.0477 e. The Kier molecular flexibility index (Phi) is 6.21. The van der Waals surface area contributed by atoms with E-state index in [9.17, 15) is 0 Å². The van der Waals surface area contributed by atoms with E-state index in [4.69, 9.17) is 4.74 Å². The highest BCUT2D eigenvalue weighted by Gasteiger charge is 2.13. The molecule has 0 aromatic heterocycles. The molecule has 0 aliphatic heterocycles. The molecule has 0 aromatic rings. The van der Waals surface area contributed by atoms with Crippen LogP contribution in [0.1, 0.15) is 39.0 Å². The van der Waals surface area contributed by atoms with Gasteiger partial charge in [-0.05, 0) is 45.2 Å². The molecular weight excluding hydrogens is 162 g/mol. The predicted octanol–water partition coefficient (Wildman–Crippen LogP) is 2.19. The number of hydrogen-bond acceptors (Lipinski definition) is 2. The zero-order valence-electron chi connectivity index (χ0n) is 8.85. The first-order valence-corrected chi connectivity index (χ1v) is 5.72. The van der Waals surface area contributed by atoms with Crippen LogP contribution in [0, 0.1) is 5.92 Å². The molecule has 1 fully saturated rings. The first-order chi connectivity index (χ1) is 6.43. The summed E-state index contributed by atoms with van der Waals surface area (Å²) in [6.45, 7) is 6.16. The van der Waals surface area contributed by atoms with Gasteiger partial charge in [-0.2, -0.15) is 0 Å². The van der Waals surface area contributed by atoms with Gasteiger partial charge >= 0.3 is 0 Å². The van der Waals surface area contributed by atoms with Gasteiger partial charge in [0.05, 0.1) is 0 Å². The summed E-state index contributed by atoms with van der Waals surface area (Å²) >= 11 is 0. The van der Waals surface area contributed by atoms with E-state index in [2.05, 4.69) is 5.32 Å². The Hall–Kier alpha value is -0.0800. The minimum atomic E-state index is 0.850. The van der Waals surface area contributed by atoms with E-state index in [0.717, 1.165) is 32.1 Å². The van der Waals surface area contributed by atoms with Crippen molar-refractivity contribution in [1.29, 1.82) is 0 Å². The Labute approximate surface area is 82.0 Å². The Morgan fingerprint density at radius 3 is 2.77 bits per heavy atom. The fraction of sp³-hybridized carbons (Fsp3) is 1.00. The van der Waals surface area contributed by atoms with Gasteiger partial charge in [0.25, 0.3) is 0 Å². The molecule has 2 nitrogen and oxygen atoms in total. The lowest BCUT2D eigenvalue weighted by molar-refractivity contribution is 0.144. The van der Waals surface area contributed by atoms with Crippen LogP contribution >= 0.6 is 0 Å². The standard InChI is InChI=1S/C11H23NO/c1-2-13-9-5-8-12-10-11-6-3-4-7-11/h11-12H,2-10H2,1H3. The van der Waals surface area contributed by atoms with Gasteiger partial charge in [0.2, 0.25) is 0 Å². The van der Waals surface area contributed by atoms with Gasteiger partial charge < -0.3 is 10.1 Å². The summed E-state index contributed by atoms with van der Waals surface area (Å²) in [6, 6.07) is 0. The molecule has 1 N–H and O–H groups in total. The fourth-order valence-corrected chi connectivity index (χ4v) is 1.96. The molecule has 1 rings (SSSR count). The molecule has 2 heteroatoms. The van der Waals surface area contributed by atoms with Crippen LogP contribution in [0.3, 0.4) is 0 Å². The molecule has 0 atom stereocenters. The van der Waals surface area contributed by atoms with Gasteiger partial charge in [-0.25, -0.2) is 0 Å². The maximum atomic E-state index is 5.27. The summed E-state index contributed by atoms with van der Waals surface area (Å²) in [5.74, 6) is 0.965. The first-order valence-electron chi connectivity index (χ1n) is 5.72. The normalized spacial score (nSPS) is 18.2. The quantitative estimate of drug-likeness (QED) is 0.614. The second kappa shape index (κ2) is 7.34. The largest absolute Gasteiger partial charge is 0.382 e. The van der Waals surface area contributed by atoms with Gasteiger partial charge in [0, 0.05) is 13.2 Å². The first kappa shape index (κ1) is 11.0. The zero-order chi connectivity index (χ0) is 9.36. The molecule has 0 bridgehead atoms. The van der Waals surface area contributed by atoms with Crippen LogP contribution in [-0.4, -0.2) is 26.3 Å². The smallest absolute Gasteiger partial charge is 0.0477 e. The Morgan fingerprint density at radius 1 is 1.31 bits per heavy atom. The summed E-state index contributed by atoms with van der Waals surface area (Å²) in [7, 11) is 0. The lowest BCUT2D eigenvalue weighted by Crippen LogP contribution is -2.23. The van der Waals surface area contributed by atoms with Crippen molar-refractivity contribution in [2.75, 3.05) is 26.3 Å². The van der Waals surface area contributed by atoms with Crippen LogP contribution in [0.25, 0.3) is 0 Å². The number of nitrogens with one attached hydrogen (secondary N) is 1. The lowest BCUT2D eigenvalue weighted by Gasteiger charge is -2.09. The summed E-state index contributed by atoms with van der Waals surface area (Å²) in [5, 5.41) is 3.51. The Morgan fingerprint density at radius 2 is 2.08 bits per heavy atom. The van der Waals surface area contributed by atoms with Crippen molar-refractivity contribution in [2.45, 2.75) is 39.0 Å². The van der Waals surface area contributed by atoms with E-state index < -0.39 is 0 Å². The number of hydrogen-bond donors (Lipinski definition) is 1. The van der Waals surface area contributed by atoms with E-state index in [1.54, 1.807) is 0 Å². The van der Waals surface area contributed by atoms with E-state index in [-0.39, 0.29) is 0 Å². The van der Waals surface area contributed by atoms with E-state index in [0.29, 0.717) is 0 Å². The average Bonchev–Trinajstić information content (AvgIpc) is 2.63. The average molecular weight is 185 g/mol. The van der Waals surface area contributed by atoms with Crippen molar-refractivity contribution in [2.24, 2.45) is 5.92 Å². The molecule has 0 heterocycles. The fourth-order valence-electron chi connectivity index (χ4n) is 1.96. The lowest BCUT2D eigenvalue weighted by atomic mass is 10.1. The van der Waals surface area contributed by atoms with Crippen molar-refractivity contribution < 1.29 is 4.74 Å². The van der Waals surface area contributed by atoms with Crippen LogP contribution in [0.4, 0.5) is 0 Å². The topological polar surface area (TPSA) is 21.3 Å². The second-order valence-electron chi connectivity index (χ2n) is 3.91. The highest BCUT2D eigenvalue weighted by atomic mass is 16.5. The van der Waals surface area contributed by atoms with Crippen LogP contribution in [0.5, 0.6) is 0 Å². The Bertz CT molecular complexity index is 111. The Balaban J connectivity index is 1.78. The summed E-state index contributed by atoms with van der Waals surface area (Å²) < 4.78 is 5.27. The molecule has 1 aliphatic carbocycles. The van der Waals surface area contributed by atoms with Crippen LogP contribution in [-0.2, 0) is 4.74 Å². The minimum absolute atomic E-state index is 0.850. The molecule has 13 heavy (non-hydrogen) atoms. The third kappa shape index (κ3) is 5.27. The summed E-state index contributed by atoms with van der Waals surface area (Å²) in [6.07, 6.45) is 6.94. The van der Waals surface area contributed by atoms with Gasteiger partial charge in [-0.1, -0.05) is 12.8 Å². The van der Waals surface area contributed by atoms with Gasteiger partial charge in [0.15, 0.2) is 0 Å². The predicted molar refractivity (Wildman–Crippen MR) is 55.9 cm³/mol. The van der Waals surface area contributed by atoms with Crippen LogP contribution in [0.15, 0.2) is 0 Å². The van der Waals surface area contributed by atoms with E-state index in [1.165, 1.54) is 32.2 Å². The van der Waals surface area contributed by atoms with Crippen molar-refractivity contribution in [3.8, 4) is 0 Å². The molecule has 0 saturated heterocycles. The van der Waals surface area contributed by atoms with Crippen LogP contribution < -0.4 is 5.32 Å². The van der Waals surface area contributed by atoms with Crippen molar-refractivity contribution in [3.05, 3.63) is 0 Å². The highest BCUT2D eigenvalue weighted by molar-refractivity contribution is 4.69. The summed E-state index contributed by atoms with van der Waals surface area (Å²) in [5.41, 5.74) is 0. The minimum Gasteiger partial charge on any atom is -0.382 e. The third-order valence-electron chi connectivity index (χ3n) is 2.75. The molecular formula is C11H23NO. The third-order valence-corrected chi connectivity index (χ3v) is 2.75. The van der Waals surface area contributed by atoms with E-state index >= 15 is 0 Å².